The number of sulfonamides is 1. The average Bonchev–Trinajstić information content (AvgIpc) is 3.47. The molecule has 1 aliphatic heterocycles. The summed E-state index contributed by atoms with van der Waals surface area (Å²) in [6.45, 7) is 2.99. The maximum absolute atomic E-state index is 11.8. The largest absolute Gasteiger partial charge is 0.367 e. The molecular weight excluding hydrogens is 338 g/mol. The monoisotopic (exact) mass is 359 g/mol. The van der Waals surface area contributed by atoms with E-state index in [0.717, 1.165) is 37.8 Å². The predicted octanol–water partition coefficient (Wildman–Crippen LogP) is 1.33. The van der Waals surface area contributed by atoms with Crippen molar-refractivity contribution in [1.29, 1.82) is 0 Å². The van der Waals surface area contributed by atoms with Crippen molar-refractivity contribution in [2.24, 2.45) is 5.14 Å². The van der Waals surface area contributed by atoms with E-state index in [1.165, 1.54) is 12.8 Å². The lowest BCUT2D eigenvalue weighted by Crippen LogP contribution is -2.47. The van der Waals surface area contributed by atoms with E-state index in [1.54, 1.807) is 12.1 Å². The van der Waals surface area contributed by atoms with E-state index in [1.807, 2.05) is 24.4 Å². The van der Waals surface area contributed by atoms with Crippen LogP contribution < -0.4 is 14.9 Å². The second-order valence-electron chi connectivity index (χ2n) is 6.53. The van der Waals surface area contributed by atoms with E-state index in [9.17, 15) is 8.42 Å². The Morgan fingerprint density at radius 3 is 2.36 bits per heavy atom. The van der Waals surface area contributed by atoms with Crippen molar-refractivity contribution in [2.45, 2.75) is 23.7 Å². The summed E-state index contributed by atoms with van der Waals surface area (Å²) < 4.78 is 23.6. The van der Waals surface area contributed by atoms with Crippen molar-refractivity contribution >= 4 is 21.5 Å². The van der Waals surface area contributed by atoms with E-state index in [0.29, 0.717) is 11.6 Å². The molecule has 132 valence electrons. The van der Waals surface area contributed by atoms with E-state index >= 15 is 0 Å². The molecule has 2 aromatic rings. The van der Waals surface area contributed by atoms with Gasteiger partial charge in [0.2, 0.25) is 10.0 Å². The van der Waals surface area contributed by atoms with Crippen LogP contribution in [-0.2, 0) is 10.0 Å². The minimum atomic E-state index is -3.73. The van der Waals surface area contributed by atoms with Gasteiger partial charge in [0.1, 0.15) is 16.5 Å². The Kier molecular flexibility index (Phi) is 4.09. The van der Waals surface area contributed by atoms with Gasteiger partial charge in [0.15, 0.2) is 0 Å². The Hall–Kier alpha value is -2.19. The Morgan fingerprint density at radius 2 is 1.68 bits per heavy atom. The molecule has 1 saturated carbocycles. The molecule has 1 aromatic carbocycles. The van der Waals surface area contributed by atoms with Gasteiger partial charge in [-0.15, -0.1) is 0 Å². The number of nitrogens with zero attached hydrogens (tertiary/aromatic N) is 4. The Bertz CT molecular complexity index is 874. The van der Waals surface area contributed by atoms with Crippen LogP contribution in [0.2, 0.25) is 0 Å². The molecule has 2 heterocycles. The molecule has 4 rings (SSSR count). The molecule has 0 bridgehead atoms. The van der Waals surface area contributed by atoms with Gasteiger partial charge in [-0.2, -0.15) is 0 Å². The summed E-state index contributed by atoms with van der Waals surface area (Å²) in [6.07, 6.45) is 4.20. The highest BCUT2D eigenvalue weighted by molar-refractivity contribution is 7.89. The topological polar surface area (TPSA) is 92.4 Å². The first-order chi connectivity index (χ1) is 12.0. The van der Waals surface area contributed by atoms with Gasteiger partial charge in [-0.05, 0) is 31.0 Å². The summed E-state index contributed by atoms with van der Waals surface area (Å²) in [5, 5.41) is 5.35. The van der Waals surface area contributed by atoms with Crippen LogP contribution in [0, 0.1) is 0 Å². The molecular formula is C17H21N5O2S. The number of aromatic nitrogens is 2. The third-order valence-corrected chi connectivity index (χ3v) is 5.68. The lowest BCUT2D eigenvalue weighted by molar-refractivity contribution is 0.595. The standard InChI is InChI=1S/C17H21N5O2S/c18-25(23,24)15-4-2-1-3-14(15)21-9-11-22(12-10-21)16-7-8-19-17(20-16)13-5-6-13/h1-4,7-8,13H,5-6,9-12H2,(H2,18,23,24). The summed E-state index contributed by atoms with van der Waals surface area (Å²) in [7, 11) is -3.73. The minimum Gasteiger partial charge on any atom is -0.367 e. The zero-order valence-electron chi connectivity index (χ0n) is 13.9. The highest BCUT2D eigenvalue weighted by Crippen LogP contribution is 2.38. The van der Waals surface area contributed by atoms with Crippen LogP contribution in [-0.4, -0.2) is 44.6 Å². The van der Waals surface area contributed by atoms with Crippen LogP contribution in [0.25, 0.3) is 0 Å². The first kappa shape index (κ1) is 16.3. The van der Waals surface area contributed by atoms with Gasteiger partial charge < -0.3 is 9.80 Å². The predicted molar refractivity (Wildman–Crippen MR) is 96.2 cm³/mol. The highest BCUT2D eigenvalue weighted by Gasteiger charge is 2.28. The molecule has 1 aliphatic carbocycles. The second kappa shape index (κ2) is 6.27. The summed E-state index contributed by atoms with van der Waals surface area (Å²) >= 11 is 0. The number of piperazine rings is 1. The normalized spacial score (nSPS) is 18.4. The smallest absolute Gasteiger partial charge is 0.240 e. The molecule has 1 saturated heterocycles. The lowest BCUT2D eigenvalue weighted by atomic mass is 10.2. The van der Waals surface area contributed by atoms with Gasteiger partial charge in [-0.1, -0.05) is 12.1 Å². The SMILES string of the molecule is NS(=O)(=O)c1ccccc1N1CCN(c2ccnc(C3CC3)n2)CC1. The molecule has 2 aliphatic rings. The summed E-state index contributed by atoms with van der Waals surface area (Å²) in [5.41, 5.74) is 0.672. The molecule has 0 atom stereocenters. The van der Waals surface area contributed by atoms with Gasteiger partial charge in [-0.25, -0.2) is 23.5 Å². The number of nitrogens with two attached hydrogens (primary N) is 1. The molecule has 0 unspecified atom stereocenters. The number of para-hydroxylation sites is 1. The molecule has 0 spiro atoms. The fraction of sp³-hybridized carbons (Fsp3) is 0.412. The number of hydrogen-bond acceptors (Lipinski definition) is 6. The van der Waals surface area contributed by atoms with Gasteiger partial charge in [0, 0.05) is 38.3 Å². The van der Waals surface area contributed by atoms with Crippen molar-refractivity contribution in [3.63, 3.8) is 0 Å². The fourth-order valence-electron chi connectivity index (χ4n) is 3.21. The fourth-order valence-corrected chi connectivity index (χ4v) is 3.97. The molecule has 2 N–H and O–H groups in total. The van der Waals surface area contributed by atoms with E-state index < -0.39 is 10.0 Å². The Morgan fingerprint density at radius 1 is 1.00 bits per heavy atom. The number of hydrogen-bond donors (Lipinski definition) is 1. The molecule has 2 fully saturated rings. The zero-order valence-corrected chi connectivity index (χ0v) is 14.7. The first-order valence-electron chi connectivity index (χ1n) is 8.47. The van der Waals surface area contributed by atoms with Crippen LogP contribution in [0.3, 0.4) is 0 Å². The van der Waals surface area contributed by atoms with E-state index in [4.69, 9.17) is 10.1 Å². The van der Waals surface area contributed by atoms with Crippen molar-refractivity contribution in [1.82, 2.24) is 9.97 Å². The molecule has 0 radical (unpaired) electrons. The summed E-state index contributed by atoms with van der Waals surface area (Å²) in [6, 6.07) is 8.84. The average molecular weight is 359 g/mol. The molecule has 0 amide bonds. The maximum Gasteiger partial charge on any atom is 0.240 e. The minimum absolute atomic E-state index is 0.182. The van der Waals surface area contributed by atoms with Crippen LogP contribution in [0.15, 0.2) is 41.4 Å². The number of anilines is 2. The van der Waals surface area contributed by atoms with Gasteiger partial charge in [-0.3, -0.25) is 0 Å². The van der Waals surface area contributed by atoms with Crippen LogP contribution >= 0.6 is 0 Å². The molecule has 1 aromatic heterocycles. The number of primary sulfonamides is 1. The van der Waals surface area contributed by atoms with Crippen molar-refractivity contribution in [3.8, 4) is 0 Å². The van der Waals surface area contributed by atoms with E-state index in [-0.39, 0.29) is 4.90 Å². The Labute approximate surface area is 147 Å². The number of benzene rings is 1. The highest BCUT2D eigenvalue weighted by atomic mass is 32.2. The van der Waals surface area contributed by atoms with Gasteiger partial charge in [0.25, 0.3) is 0 Å². The molecule has 25 heavy (non-hydrogen) atoms. The Balaban J connectivity index is 1.50. The first-order valence-corrected chi connectivity index (χ1v) is 10.0. The summed E-state index contributed by atoms with van der Waals surface area (Å²) in [5.74, 6) is 2.43. The maximum atomic E-state index is 11.8. The third-order valence-electron chi connectivity index (χ3n) is 4.72. The quantitative estimate of drug-likeness (QED) is 0.885. The van der Waals surface area contributed by atoms with Crippen molar-refractivity contribution in [2.75, 3.05) is 36.0 Å². The van der Waals surface area contributed by atoms with Crippen LogP contribution in [0.5, 0.6) is 0 Å². The lowest BCUT2D eigenvalue weighted by Gasteiger charge is -2.37. The molecule has 7 nitrogen and oxygen atoms in total. The van der Waals surface area contributed by atoms with Crippen LogP contribution in [0.1, 0.15) is 24.6 Å². The zero-order chi connectivity index (χ0) is 17.4. The summed E-state index contributed by atoms with van der Waals surface area (Å²) in [4.78, 5) is 13.5. The van der Waals surface area contributed by atoms with E-state index in [2.05, 4.69) is 14.8 Å². The van der Waals surface area contributed by atoms with Gasteiger partial charge >= 0.3 is 0 Å². The number of rotatable bonds is 4. The van der Waals surface area contributed by atoms with Crippen LogP contribution in [0.4, 0.5) is 11.5 Å². The third kappa shape index (κ3) is 3.45. The molecule has 8 heteroatoms. The van der Waals surface area contributed by atoms with Crippen molar-refractivity contribution in [3.05, 3.63) is 42.4 Å². The second-order valence-corrected chi connectivity index (χ2v) is 8.06. The van der Waals surface area contributed by atoms with Gasteiger partial charge in [0.05, 0.1) is 5.69 Å². The van der Waals surface area contributed by atoms with Crippen molar-refractivity contribution < 1.29 is 8.42 Å².